The van der Waals surface area contributed by atoms with Gasteiger partial charge in [-0.1, -0.05) is 18.2 Å². The van der Waals surface area contributed by atoms with Gasteiger partial charge in [0, 0.05) is 0 Å². The molecule has 2 rings (SSSR count). The Balaban J connectivity index is 2.80. The average Bonchev–Trinajstić information content (AvgIpc) is 2.73. The summed E-state index contributed by atoms with van der Waals surface area (Å²) in [6.07, 6.45) is -3.68. The molecule has 2 aromatic rings. The number of carbonyl (C=O) groups is 1. The maximum atomic E-state index is 13.2. The van der Waals surface area contributed by atoms with Gasteiger partial charge in [0.15, 0.2) is 11.5 Å². The van der Waals surface area contributed by atoms with E-state index < -0.39 is 23.2 Å². The Morgan fingerprint density at radius 1 is 1.20 bits per heavy atom. The van der Waals surface area contributed by atoms with Crippen molar-refractivity contribution in [2.75, 3.05) is 0 Å². The molecule has 0 N–H and O–H groups in total. The van der Waals surface area contributed by atoms with Gasteiger partial charge in [-0.2, -0.15) is 18.3 Å². The van der Waals surface area contributed by atoms with Crippen LogP contribution in [0.4, 0.5) is 13.2 Å². The largest absolute Gasteiger partial charge is 0.434 e. The van der Waals surface area contributed by atoms with E-state index in [0.29, 0.717) is 16.8 Å². The van der Waals surface area contributed by atoms with Crippen LogP contribution in [0.5, 0.6) is 0 Å². The number of para-hydroxylation sites is 1. The minimum absolute atomic E-state index is 0.354. The van der Waals surface area contributed by atoms with Crippen molar-refractivity contribution in [3.63, 3.8) is 0 Å². The number of Topliss-reactive ketones (excluding diaryl/α,β-unsaturated/α-hetero) is 1. The van der Waals surface area contributed by atoms with Crippen LogP contribution in [0, 0.1) is 13.8 Å². The van der Waals surface area contributed by atoms with E-state index in [2.05, 4.69) is 5.10 Å². The molecule has 3 nitrogen and oxygen atoms in total. The van der Waals surface area contributed by atoms with Gasteiger partial charge in [-0.25, -0.2) is 4.68 Å². The number of halogens is 3. The number of carbonyl (C=O) groups excluding carboxylic acids is 1. The van der Waals surface area contributed by atoms with Crippen LogP contribution in [-0.4, -0.2) is 15.6 Å². The summed E-state index contributed by atoms with van der Waals surface area (Å²) < 4.78 is 40.5. The molecule has 0 atom stereocenters. The fourth-order valence-corrected chi connectivity index (χ4v) is 2.19. The standard InChI is InChI=1S/C14H13F3N2O/c1-8-5-4-6-9(2)12(8)19-13(14(15,16)17)11(7-18-19)10(3)20/h4-7H,1-3H3. The Morgan fingerprint density at radius 3 is 2.20 bits per heavy atom. The summed E-state index contributed by atoms with van der Waals surface area (Å²) in [5.41, 5.74) is 0.234. The Hall–Kier alpha value is -2.11. The van der Waals surface area contributed by atoms with Gasteiger partial charge in [0.05, 0.1) is 17.4 Å². The van der Waals surface area contributed by atoms with Gasteiger partial charge in [-0.3, -0.25) is 4.79 Å². The summed E-state index contributed by atoms with van der Waals surface area (Å²) in [5, 5.41) is 3.77. The zero-order valence-corrected chi connectivity index (χ0v) is 11.2. The number of hydrogen-bond acceptors (Lipinski definition) is 2. The van der Waals surface area contributed by atoms with Crippen LogP contribution in [-0.2, 0) is 6.18 Å². The summed E-state index contributed by atoms with van der Waals surface area (Å²) in [5.74, 6) is -0.658. The van der Waals surface area contributed by atoms with Crippen LogP contribution in [0.15, 0.2) is 24.4 Å². The molecule has 0 radical (unpaired) electrons. The van der Waals surface area contributed by atoms with Gasteiger partial charge in [-0.15, -0.1) is 0 Å². The Morgan fingerprint density at radius 2 is 1.75 bits per heavy atom. The highest BCUT2D eigenvalue weighted by molar-refractivity contribution is 5.95. The van der Waals surface area contributed by atoms with E-state index in [9.17, 15) is 18.0 Å². The van der Waals surface area contributed by atoms with Gasteiger partial charge in [0.1, 0.15) is 0 Å². The monoisotopic (exact) mass is 282 g/mol. The highest BCUT2D eigenvalue weighted by Crippen LogP contribution is 2.35. The SMILES string of the molecule is CC(=O)c1cnn(-c2c(C)cccc2C)c1C(F)(F)F. The Bertz CT molecular complexity index is 651. The highest BCUT2D eigenvalue weighted by atomic mass is 19.4. The molecular formula is C14H13F3N2O. The molecule has 1 aromatic carbocycles. The van der Waals surface area contributed by atoms with Crippen molar-refractivity contribution in [2.45, 2.75) is 26.9 Å². The Labute approximate surface area is 114 Å². The summed E-state index contributed by atoms with van der Waals surface area (Å²) >= 11 is 0. The van der Waals surface area contributed by atoms with Gasteiger partial charge in [0.25, 0.3) is 0 Å². The number of ketones is 1. The van der Waals surface area contributed by atoms with Gasteiger partial charge in [-0.05, 0) is 31.9 Å². The zero-order chi connectivity index (χ0) is 15.1. The first kappa shape index (κ1) is 14.3. The molecule has 1 aromatic heterocycles. The topological polar surface area (TPSA) is 34.9 Å². The minimum Gasteiger partial charge on any atom is -0.294 e. The number of alkyl halides is 3. The lowest BCUT2D eigenvalue weighted by molar-refractivity contribution is -0.143. The summed E-state index contributed by atoms with van der Waals surface area (Å²) in [7, 11) is 0. The van der Waals surface area contributed by atoms with Crippen molar-refractivity contribution in [1.29, 1.82) is 0 Å². The van der Waals surface area contributed by atoms with Crippen molar-refractivity contribution < 1.29 is 18.0 Å². The molecule has 0 saturated heterocycles. The third kappa shape index (κ3) is 2.33. The van der Waals surface area contributed by atoms with Gasteiger partial charge in [0.2, 0.25) is 0 Å². The van der Waals surface area contributed by atoms with Crippen LogP contribution in [0.25, 0.3) is 5.69 Å². The van der Waals surface area contributed by atoms with Crippen molar-refractivity contribution in [1.82, 2.24) is 9.78 Å². The molecule has 0 aliphatic heterocycles. The lowest BCUT2D eigenvalue weighted by atomic mass is 10.1. The van der Waals surface area contributed by atoms with Crippen molar-refractivity contribution in [3.05, 3.63) is 46.8 Å². The molecule has 20 heavy (non-hydrogen) atoms. The number of rotatable bonds is 2. The predicted octanol–water partition coefficient (Wildman–Crippen LogP) is 3.71. The molecule has 6 heteroatoms. The van der Waals surface area contributed by atoms with Gasteiger partial charge < -0.3 is 0 Å². The second kappa shape index (κ2) is 4.77. The van der Waals surface area contributed by atoms with Crippen LogP contribution >= 0.6 is 0 Å². The second-order valence-corrected chi connectivity index (χ2v) is 4.61. The molecule has 0 spiro atoms. The Kier molecular flexibility index (Phi) is 3.41. The predicted molar refractivity (Wildman–Crippen MR) is 68.0 cm³/mol. The molecule has 0 aliphatic carbocycles. The first-order chi connectivity index (χ1) is 9.23. The van der Waals surface area contributed by atoms with E-state index in [-0.39, 0.29) is 0 Å². The van der Waals surface area contributed by atoms with Crippen molar-refractivity contribution in [2.24, 2.45) is 0 Å². The third-order valence-corrected chi connectivity index (χ3v) is 3.07. The summed E-state index contributed by atoms with van der Waals surface area (Å²) in [6.45, 7) is 4.51. The minimum atomic E-state index is -4.65. The quantitative estimate of drug-likeness (QED) is 0.787. The van der Waals surface area contributed by atoms with Crippen LogP contribution in [0.2, 0.25) is 0 Å². The molecule has 0 aliphatic rings. The first-order valence-corrected chi connectivity index (χ1v) is 5.96. The summed E-state index contributed by atoms with van der Waals surface area (Å²) in [4.78, 5) is 11.4. The highest BCUT2D eigenvalue weighted by Gasteiger charge is 2.40. The molecule has 106 valence electrons. The third-order valence-electron chi connectivity index (χ3n) is 3.07. The van der Waals surface area contributed by atoms with Crippen LogP contribution in [0.1, 0.15) is 34.1 Å². The van der Waals surface area contributed by atoms with Crippen LogP contribution < -0.4 is 0 Å². The number of benzene rings is 1. The second-order valence-electron chi connectivity index (χ2n) is 4.61. The van der Waals surface area contributed by atoms with E-state index in [0.717, 1.165) is 17.8 Å². The van der Waals surface area contributed by atoms with E-state index in [1.165, 1.54) is 0 Å². The molecule has 0 amide bonds. The smallest absolute Gasteiger partial charge is 0.294 e. The van der Waals surface area contributed by atoms with Crippen LogP contribution in [0.3, 0.4) is 0 Å². The van der Waals surface area contributed by atoms with E-state index >= 15 is 0 Å². The lowest BCUT2D eigenvalue weighted by Gasteiger charge is -2.15. The molecule has 0 saturated carbocycles. The van der Waals surface area contributed by atoms with E-state index in [1.54, 1.807) is 32.0 Å². The maximum Gasteiger partial charge on any atom is 0.434 e. The molecular weight excluding hydrogens is 269 g/mol. The molecule has 0 fully saturated rings. The molecule has 0 unspecified atom stereocenters. The van der Waals surface area contributed by atoms with Crippen molar-refractivity contribution in [3.8, 4) is 5.69 Å². The molecule has 0 bridgehead atoms. The number of hydrogen-bond donors (Lipinski definition) is 0. The van der Waals surface area contributed by atoms with E-state index in [1.807, 2.05) is 0 Å². The first-order valence-electron chi connectivity index (χ1n) is 5.96. The normalized spacial score (nSPS) is 11.7. The lowest BCUT2D eigenvalue weighted by Crippen LogP contribution is -2.18. The summed E-state index contributed by atoms with van der Waals surface area (Å²) in [6, 6.07) is 5.17. The fourth-order valence-electron chi connectivity index (χ4n) is 2.19. The number of nitrogens with zero attached hydrogens (tertiary/aromatic N) is 2. The van der Waals surface area contributed by atoms with E-state index in [4.69, 9.17) is 0 Å². The average molecular weight is 282 g/mol. The van der Waals surface area contributed by atoms with Gasteiger partial charge >= 0.3 is 6.18 Å². The fraction of sp³-hybridized carbons (Fsp3) is 0.286. The van der Waals surface area contributed by atoms with Crippen molar-refractivity contribution >= 4 is 5.78 Å². The maximum absolute atomic E-state index is 13.2. The zero-order valence-electron chi connectivity index (χ0n) is 11.2. The number of aryl methyl sites for hydroxylation is 2. The number of aromatic nitrogens is 2. The molecule has 1 heterocycles.